The predicted molar refractivity (Wildman–Crippen MR) is 80.2 cm³/mol. The fourth-order valence-electron chi connectivity index (χ4n) is 2.43. The molecule has 0 saturated carbocycles. The molecule has 2 atom stereocenters. The van der Waals surface area contributed by atoms with Gasteiger partial charge in [-0.15, -0.1) is 0 Å². The number of hydrogen-bond acceptors (Lipinski definition) is 3. The number of rotatable bonds is 6. The van der Waals surface area contributed by atoms with Gasteiger partial charge in [0.05, 0.1) is 0 Å². The van der Waals surface area contributed by atoms with Crippen molar-refractivity contribution in [3.63, 3.8) is 0 Å². The number of piperazine rings is 1. The van der Waals surface area contributed by atoms with Gasteiger partial charge in [-0.2, -0.15) is 11.8 Å². The maximum atomic E-state index is 12.6. The molecular weight excluding hydrogens is 260 g/mol. The van der Waals surface area contributed by atoms with E-state index in [0.29, 0.717) is 13.0 Å². The minimum Gasteiger partial charge on any atom is -0.340 e. The maximum absolute atomic E-state index is 12.6. The van der Waals surface area contributed by atoms with E-state index in [0.717, 1.165) is 11.5 Å². The standard InChI is InChI=1S/C14H26N2O2S/c1-6-14(5)13(18)16(8-9-19-7-2)11(10(3)4)12(17)15-14/h10-11H,6-9H2,1-5H3,(H,15,17). The molecule has 1 aliphatic heterocycles. The van der Waals surface area contributed by atoms with E-state index in [1.54, 1.807) is 16.7 Å². The number of nitrogens with one attached hydrogen (secondary N) is 1. The van der Waals surface area contributed by atoms with Crippen LogP contribution in [0, 0.1) is 5.92 Å². The molecule has 0 aromatic carbocycles. The Labute approximate surface area is 120 Å². The fraction of sp³-hybridized carbons (Fsp3) is 0.857. The molecule has 0 spiro atoms. The van der Waals surface area contributed by atoms with Crippen molar-refractivity contribution >= 4 is 23.6 Å². The van der Waals surface area contributed by atoms with Crippen molar-refractivity contribution in [1.82, 2.24) is 10.2 Å². The molecule has 1 fully saturated rings. The third-order valence-electron chi connectivity index (χ3n) is 3.76. The molecule has 0 aromatic rings. The van der Waals surface area contributed by atoms with Crippen LogP contribution in [0.25, 0.3) is 0 Å². The first-order chi connectivity index (χ1) is 8.87. The van der Waals surface area contributed by atoms with Gasteiger partial charge in [-0.25, -0.2) is 0 Å². The molecule has 1 saturated heterocycles. The monoisotopic (exact) mass is 286 g/mol. The van der Waals surface area contributed by atoms with Crippen LogP contribution in [-0.4, -0.2) is 46.3 Å². The SMILES string of the molecule is CCSCCN1C(=O)C(C)(CC)NC(=O)C1C(C)C. The molecule has 2 amide bonds. The lowest BCUT2D eigenvalue weighted by Gasteiger charge is -2.45. The van der Waals surface area contributed by atoms with E-state index in [2.05, 4.69) is 12.2 Å². The molecule has 1 aliphatic rings. The highest BCUT2D eigenvalue weighted by Crippen LogP contribution is 2.25. The zero-order valence-electron chi connectivity index (χ0n) is 12.7. The summed E-state index contributed by atoms with van der Waals surface area (Å²) in [6.07, 6.45) is 0.625. The number of thioether (sulfide) groups is 1. The third-order valence-corrected chi connectivity index (χ3v) is 4.64. The second kappa shape index (κ2) is 6.64. The van der Waals surface area contributed by atoms with Crippen molar-refractivity contribution in [3.8, 4) is 0 Å². The highest BCUT2D eigenvalue weighted by atomic mass is 32.2. The number of nitrogens with zero attached hydrogens (tertiary/aromatic N) is 1. The van der Waals surface area contributed by atoms with Crippen molar-refractivity contribution in [2.24, 2.45) is 5.92 Å². The van der Waals surface area contributed by atoms with Crippen molar-refractivity contribution in [3.05, 3.63) is 0 Å². The van der Waals surface area contributed by atoms with Crippen LogP contribution in [-0.2, 0) is 9.59 Å². The first kappa shape index (κ1) is 16.3. The Morgan fingerprint density at radius 3 is 2.47 bits per heavy atom. The van der Waals surface area contributed by atoms with Crippen LogP contribution in [0.5, 0.6) is 0 Å². The van der Waals surface area contributed by atoms with Gasteiger partial charge < -0.3 is 10.2 Å². The van der Waals surface area contributed by atoms with E-state index in [1.807, 2.05) is 27.7 Å². The lowest BCUT2D eigenvalue weighted by molar-refractivity contribution is -0.155. The predicted octanol–water partition coefficient (Wildman–Crippen LogP) is 1.89. The van der Waals surface area contributed by atoms with E-state index in [9.17, 15) is 9.59 Å². The van der Waals surface area contributed by atoms with E-state index in [1.165, 1.54) is 0 Å². The fourth-order valence-corrected chi connectivity index (χ4v) is 3.05. The van der Waals surface area contributed by atoms with Crippen LogP contribution in [0.15, 0.2) is 0 Å². The van der Waals surface area contributed by atoms with Gasteiger partial charge >= 0.3 is 0 Å². The molecule has 19 heavy (non-hydrogen) atoms. The van der Waals surface area contributed by atoms with E-state index in [4.69, 9.17) is 0 Å². The molecule has 0 aromatic heterocycles. The quantitative estimate of drug-likeness (QED) is 0.759. The van der Waals surface area contributed by atoms with Gasteiger partial charge in [-0.1, -0.05) is 27.7 Å². The minimum absolute atomic E-state index is 0.0135. The summed E-state index contributed by atoms with van der Waals surface area (Å²) in [4.78, 5) is 26.7. The van der Waals surface area contributed by atoms with Crippen LogP contribution in [0.1, 0.15) is 41.0 Å². The number of hydrogen-bond donors (Lipinski definition) is 1. The third kappa shape index (κ3) is 3.44. The average molecular weight is 286 g/mol. The molecular formula is C14H26N2O2S. The first-order valence-electron chi connectivity index (χ1n) is 7.08. The summed E-state index contributed by atoms with van der Waals surface area (Å²) < 4.78 is 0. The Bertz CT molecular complexity index is 346. The molecule has 1 heterocycles. The van der Waals surface area contributed by atoms with Crippen LogP contribution < -0.4 is 5.32 Å². The summed E-state index contributed by atoms with van der Waals surface area (Å²) in [7, 11) is 0. The minimum atomic E-state index is -0.737. The average Bonchev–Trinajstić information content (AvgIpc) is 2.34. The van der Waals surface area contributed by atoms with Crippen molar-refractivity contribution in [2.45, 2.75) is 52.6 Å². The Kier molecular flexibility index (Phi) is 5.71. The topological polar surface area (TPSA) is 49.4 Å². The van der Waals surface area contributed by atoms with Crippen molar-refractivity contribution < 1.29 is 9.59 Å². The van der Waals surface area contributed by atoms with E-state index in [-0.39, 0.29) is 23.8 Å². The lowest BCUT2D eigenvalue weighted by atomic mass is 9.88. The smallest absolute Gasteiger partial charge is 0.248 e. The Morgan fingerprint density at radius 1 is 1.37 bits per heavy atom. The lowest BCUT2D eigenvalue weighted by Crippen LogP contribution is -2.70. The van der Waals surface area contributed by atoms with Gasteiger partial charge in [0.1, 0.15) is 11.6 Å². The highest BCUT2D eigenvalue weighted by Gasteiger charge is 2.47. The van der Waals surface area contributed by atoms with Gasteiger partial charge in [0.2, 0.25) is 11.8 Å². The normalized spacial score (nSPS) is 27.9. The molecule has 5 heteroatoms. The maximum Gasteiger partial charge on any atom is 0.248 e. The number of carbonyl (C=O) groups is 2. The number of carbonyl (C=O) groups excluding carboxylic acids is 2. The van der Waals surface area contributed by atoms with E-state index < -0.39 is 5.54 Å². The Hall–Kier alpha value is -0.710. The molecule has 1 N–H and O–H groups in total. The largest absolute Gasteiger partial charge is 0.340 e. The zero-order valence-corrected chi connectivity index (χ0v) is 13.5. The first-order valence-corrected chi connectivity index (χ1v) is 8.23. The van der Waals surface area contributed by atoms with Crippen LogP contribution in [0.4, 0.5) is 0 Å². The molecule has 0 radical (unpaired) electrons. The summed E-state index contributed by atoms with van der Waals surface area (Å²) in [5.74, 6) is 2.10. The second-order valence-electron chi connectivity index (χ2n) is 5.56. The summed E-state index contributed by atoms with van der Waals surface area (Å²) in [5.41, 5.74) is -0.737. The van der Waals surface area contributed by atoms with Gasteiger partial charge in [0, 0.05) is 12.3 Å². The molecule has 0 bridgehead atoms. The van der Waals surface area contributed by atoms with Gasteiger partial charge in [-0.05, 0) is 25.0 Å². The highest BCUT2D eigenvalue weighted by molar-refractivity contribution is 7.99. The van der Waals surface area contributed by atoms with Crippen molar-refractivity contribution in [1.29, 1.82) is 0 Å². The summed E-state index contributed by atoms with van der Waals surface area (Å²) in [6.45, 7) is 10.5. The summed E-state index contributed by atoms with van der Waals surface area (Å²) in [5, 5.41) is 2.91. The molecule has 4 nitrogen and oxygen atoms in total. The summed E-state index contributed by atoms with van der Waals surface area (Å²) in [6, 6.07) is -0.329. The zero-order chi connectivity index (χ0) is 14.6. The summed E-state index contributed by atoms with van der Waals surface area (Å²) >= 11 is 1.80. The van der Waals surface area contributed by atoms with Crippen LogP contribution in [0.2, 0.25) is 0 Å². The van der Waals surface area contributed by atoms with Crippen molar-refractivity contribution in [2.75, 3.05) is 18.1 Å². The van der Waals surface area contributed by atoms with Crippen LogP contribution in [0.3, 0.4) is 0 Å². The Morgan fingerprint density at radius 2 is 2.00 bits per heavy atom. The van der Waals surface area contributed by atoms with Crippen LogP contribution >= 0.6 is 11.8 Å². The molecule has 1 rings (SSSR count). The van der Waals surface area contributed by atoms with Gasteiger partial charge in [-0.3, -0.25) is 9.59 Å². The van der Waals surface area contributed by atoms with Gasteiger partial charge in [0.15, 0.2) is 0 Å². The molecule has 2 unspecified atom stereocenters. The number of amides is 2. The van der Waals surface area contributed by atoms with Gasteiger partial charge in [0.25, 0.3) is 0 Å². The molecule has 110 valence electrons. The molecule has 0 aliphatic carbocycles. The second-order valence-corrected chi connectivity index (χ2v) is 6.95. The Balaban J connectivity index is 2.93. The van der Waals surface area contributed by atoms with E-state index >= 15 is 0 Å².